The second-order valence-electron chi connectivity index (χ2n) is 8.41. The first kappa shape index (κ1) is 29.0. The van der Waals surface area contributed by atoms with E-state index in [2.05, 4.69) is 5.32 Å². The number of thioether (sulfide) groups is 1. The molecule has 4 rings (SSSR count). The van der Waals surface area contributed by atoms with Gasteiger partial charge < -0.3 is 15.7 Å². The Hall–Kier alpha value is -3.01. The van der Waals surface area contributed by atoms with Crippen molar-refractivity contribution >= 4 is 63.7 Å². The number of amides is 1. The molecule has 2 heterocycles. The van der Waals surface area contributed by atoms with E-state index in [4.69, 9.17) is 23.2 Å². The van der Waals surface area contributed by atoms with Crippen molar-refractivity contribution in [1.29, 1.82) is 5.26 Å². The van der Waals surface area contributed by atoms with E-state index < -0.39 is 46.2 Å². The summed E-state index contributed by atoms with van der Waals surface area (Å²) in [6, 6.07) is 16.8. The number of benzene rings is 2. The average Bonchev–Trinajstić information content (AvgIpc) is 3.42. The van der Waals surface area contributed by atoms with Crippen molar-refractivity contribution in [3.63, 3.8) is 0 Å². The number of rotatable bonds is 7. The van der Waals surface area contributed by atoms with Crippen molar-refractivity contribution in [3.8, 4) is 6.07 Å². The molecule has 0 spiro atoms. The van der Waals surface area contributed by atoms with Gasteiger partial charge in [0.1, 0.15) is 0 Å². The minimum absolute atomic E-state index is 0.00806. The maximum atomic E-state index is 14.6. The summed E-state index contributed by atoms with van der Waals surface area (Å²) in [4.78, 5) is 26.1. The molecule has 0 unspecified atom stereocenters. The molecule has 1 aromatic heterocycles. The highest BCUT2D eigenvalue weighted by Gasteiger charge is 2.66. The van der Waals surface area contributed by atoms with E-state index >= 15 is 0 Å². The zero-order valence-corrected chi connectivity index (χ0v) is 22.8. The van der Waals surface area contributed by atoms with E-state index in [1.807, 2.05) is 11.4 Å². The van der Waals surface area contributed by atoms with Gasteiger partial charge in [0, 0.05) is 21.7 Å². The number of alkyl halides is 3. The van der Waals surface area contributed by atoms with Crippen LogP contribution in [0, 0.1) is 17.2 Å². The Morgan fingerprint density at radius 2 is 1.90 bits per heavy atom. The molecule has 3 atom stereocenters. The Labute approximate surface area is 239 Å². The molecule has 1 aliphatic rings. The topological polar surface area (TPSA) is 102 Å². The van der Waals surface area contributed by atoms with Gasteiger partial charge in [-0.25, -0.2) is 0 Å². The highest BCUT2D eigenvalue weighted by Crippen LogP contribution is 2.52. The van der Waals surface area contributed by atoms with Gasteiger partial charge in [0.05, 0.1) is 33.2 Å². The Kier molecular flexibility index (Phi) is 8.63. The summed E-state index contributed by atoms with van der Waals surface area (Å²) in [5.74, 6) is -5.82. The number of thiophene rings is 1. The molecule has 2 aromatic carbocycles. The van der Waals surface area contributed by atoms with Gasteiger partial charge >= 0.3 is 6.18 Å². The summed E-state index contributed by atoms with van der Waals surface area (Å²) in [5, 5.41) is 27.4. The van der Waals surface area contributed by atoms with Crippen LogP contribution in [0.1, 0.15) is 21.2 Å². The number of Topliss-reactive ketones (excluding diaryl/α,β-unsaturated/α-hetero) is 1. The highest BCUT2D eigenvalue weighted by atomic mass is 35.5. The number of hydrogen-bond donors (Lipinski definition) is 3. The van der Waals surface area contributed by atoms with E-state index in [0.717, 1.165) is 11.3 Å². The lowest BCUT2D eigenvalue weighted by atomic mass is 9.70. The number of aliphatic hydroxyl groups is 1. The van der Waals surface area contributed by atoms with E-state index in [1.165, 1.54) is 41.8 Å². The largest absolute Gasteiger partial charge is 0.437 e. The van der Waals surface area contributed by atoms with Gasteiger partial charge in [0.2, 0.25) is 11.6 Å². The molecule has 1 amide bonds. The smallest absolute Gasteiger partial charge is 0.363 e. The lowest BCUT2D eigenvalue weighted by Crippen LogP contribution is -2.66. The molecule has 3 N–H and O–H groups in total. The number of nitrogens with one attached hydrogen (secondary N) is 2. The number of hydrogen-bond acceptors (Lipinski definition) is 7. The maximum Gasteiger partial charge on any atom is 0.437 e. The third-order valence-corrected chi connectivity index (χ3v) is 8.42. The monoisotopic (exact) mass is 611 g/mol. The van der Waals surface area contributed by atoms with E-state index in [1.54, 1.807) is 24.3 Å². The van der Waals surface area contributed by atoms with Crippen molar-refractivity contribution in [3.05, 3.63) is 97.1 Å². The number of ketones is 1. The minimum atomic E-state index is -5.36. The van der Waals surface area contributed by atoms with Gasteiger partial charge in [-0.05, 0) is 41.3 Å². The fourth-order valence-electron chi connectivity index (χ4n) is 4.23. The number of nitrogens with zero attached hydrogens (tertiary/aromatic N) is 1. The number of anilines is 1. The molecule has 202 valence electrons. The van der Waals surface area contributed by atoms with Gasteiger partial charge in [0.25, 0.3) is 0 Å². The number of nitriles is 1. The molecule has 0 saturated heterocycles. The van der Waals surface area contributed by atoms with Gasteiger partial charge in [0.15, 0.2) is 5.78 Å². The molecular formula is C26H18Cl2F3N3O3S2. The van der Waals surface area contributed by atoms with Gasteiger partial charge in [-0.2, -0.15) is 18.4 Å². The Balaban J connectivity index is 1.80. The van der Waals surface area contributed by atoms with Crippen LogP contribution in [-0.4, -0.2) is 34.5 Å². The van der Waals surface area contributed by atoms with Crippen LogP contribution in [0.3, 0.4) is 0 Å². The molecule has 3 aromatic rings. The zero-order chi connectivity index (χ0) is 28.4. The molecule has 0 radical (unpaired) electrons. The summed E-state index contributed by atoms with van der Waals surface area (Å²) >= 11 is 13.8. The SMILES string of the molecule is N#CC1=C(SCC(=O)Nc2cccc(Cl)c2)N[C@](O)(C(F)(F)F)[C@@H](C(=O)c2cccs2)[C@H]1c1ccccc1Cl. The van der Waals surface area contributed by atoms with Crippen LogP contribution in [0.25, 0.3) is 0 Å². The molecule has 0 saturated carbocycles. The molecular weight excluding hydrogens is 594 g/mol. The molecule has 0 aliphatic carbocycles. The molecule has 6 nitrogen and oxygen atoms in total. The zero-order valence-electron chi connectivity index (χ0n) is 19.6. The minimum Gasteiger partial charge on any atom is -0.363 e. The van der Waals surface area contributed by atoms with Crippen LogP contribution >= 0.6 is 46.3 Å². The van der Waals surface area contributed by atoms with Crippen molar-refractivity contribution in [2.24, 2.45) is 5.92 Å². The predicted octanol–water partition coefficient (Wildman–Crippen LogP) is 6.60. The first-order valence-electron chi connectivity index (χ1n) is 11.2. The van der Waals surface area contributed by atoms with E-state index in [-0.39, 0.29) is 21.0 Å². The maximum absolute atomic E-state index is 14.6. The van der Waals surface area contributed by atoms with Crippen molar-refractivity contribution in [1.82, 2.24) is 5.32 Å². The average molecular weight is 612 g/mol. The summed E-state index contributed by atoms with van der Waals surface area (Å²) < 4.78 is 43.8. The number of carbonyl (C=O) groups excluding carboxylic acids is 2. The molecule has 13 heteroatoms. The van der Waals surface area contributed by atoms with Crippen LogP contribution in [0.2, 0.25) is 10.0 Å². The summed E-state index contributed by atoms with van der Waals surface area (Å²) in [6.45, 7) is 0. The van der Waals surface area contributed by atoms with Crippen molar-refractivity contribution < 1.29 is 27.9 Å². The number of allylic oxidation sites excluding steroid dienone is 1. The normalized spacial score (nSPS) is 21.2. The fraction of sp³-hybridized carbons (Fsp3) is 0.192. The van der Waals surface area contributed by atoms with E-state index in [0.29, 0.717) is 22.5 Å². The predicted molar refractivity (Wildman–Crippen MR) is 146 cm³/mol. The van der Waals surface area contributed by atoms with Crippen LogP contribution in [-0.2, 0) is 4.79 Å². The summed E-state index contributed by atoms with van der Waals surface area (Å²) in [5.41, 5.74) is -3.64. The van der Waals surface area contributed by atoms with Crippen LogP contribution < -0.4 is 10.6 Å². The van der Waals surface area contributed by atoms with E-state index in [9.17, 15) is 33.1 Å². The van der Waals surface area contributed by atoms with Crippen molar-refractivity contribution in [2.75, 3.05) is 11.1 Å². The van der Waals surface area contributed by atoms with Crippen LogP contribution in [0.15, 0.2) is 76.6 Å². The van der Waals surface area contributed by atoms with Crippen LogP contribution in [0.4, 0.5) is 18.9 Å². The van der Waals surface area contributed by atoms with Crippen LogP contribution in [0.5, 0.6) is 0 Å². The van der Waals surface area contributed by atoms with Gasteiger partial charge in [-0.15, -0.1) is 11.3 Å². The Morgan fingerprint density at radius 3 is 2.51 bits per heavy atom. The molecule has 39 heavy (non-hydrogen) atoms. The fourth-order valence-corrected chi connectivity index (χ4v) is 6.28. The standard InChI is InChI=1S/C26H18Cl2F3N3O3S2/c27-14-5-3-6-15(11-14)33-20(35)13-39-24-17(12-32)21(16-7-1-2-8-18(16)28)22(23(36)19-9-4-10-38-19)25(37,34-24)26(29,30)31/h1-11,21-22,34,37H,13H2,(H,33,35)/t21-,22+,25+/m0/s1. The quantitative estimate of drug-likeness (QED) is 0.260. The molecule has 0 fully saturated rings. The lowest BCUT2D eigenvalue weighted by molar-refractivity contribution is -0.285. The lowest BCUT2D eigenvalue weighted by Gasteiger charge is -2.45. The highest BCUT2D eigenvalue weighted by molar-refractivity contribution is 8.03. The third kappa shape index (κ3) is 5.95. The molecule has 1 aliphatic heterocycles. The van der Waals surface area contributed by atoms with Gasteiger partial charge in [-0.1, -0.05) is 65.3 Å². The second-order valence-corrected chi connectivity index (χ2v) is 11.2. The first-order valence-corrected chi connectivity index (χ1v) is 13.8. The third-order valence-electron chi connectivity index (χ3n) is 5.94. The first-order chi connectivity index (χ1) is 18.5. The molecule has 0 bridgehead atoms. The number of carbonyl (C=O) groups is 2. The summed E-state index contributed by atoms with van der Waals surface area (Å²) in [6.07, 6.45) is -5.36. The second kappa shape index (κ2) is 11.6. The Morgan fingerprint density at radius 1 is 1.15 bits per heavy atom. The number of halogens is 5. The van der Waals surface area contributed by atoms with Crippen molar-refractivity contribution in [2.45, 2.75) is 17.8 Å². The van der Waals surface area contributed by atoms with Gasteiger partial charge in [-0.3, -0.25) is 9.59 Å². The Bertz CT molecular complexity index is 1470. The summed E-state index contributed by atoms with van der Waals surface area (Å²) in [7, 11) is 0.